The van der Waals surface area contributed by atoms with E-state index >= 15 is 0 Å². The molecule has 0 unspecified atom stereocenters. The molecule has 1 aromatic carbocycles. The number of aliphatic imine (C=N–C) groups is 1. The van der Waals surface area contributed by atoms with Crippen molar-refractivity contribution in [1.29, 1.82) is 0 Å². The van der Waals surface area contributed by atoms with E-state index in [1.807, 2.05) is 25.2 Å². The van der Waals surface area contributed by atoms with Crippen LogP contribution in [0.1, 0.15) is 20.3 Å². The minimum absolute atomic E-state index is 0. The van der Waals surface area contributed by atoms with Crippen molar-refractivity contribution in [2.24, 2.45) is 10.4 Å². The van der Waals surface area contributed by atoms with E-state index in [9.17, 15) is 0 Å². The Morgan fingerprint density at radius 3 is 2.83 bits per heavy atom. The molecule has 0 amide bonds. The molecular weight excluding hydrogens is 421 g/mol. The predicted octanol–water partition coefficient (Wildman–Crippen LogP) is 2.72. The van der Waals surface area contributed by atoms with Crippen molar-refractivity contribution < 1.29 is 14.2 Å². The van der Waals surface area contributed by atoms with Gasteiger partial charge in [-0.2, -0.15) is 0 Å². The zero-order chi connectivity index (χ0) is 16.3. The molecule has 24 heavy (non-hydrogen) atoms. The third kappa shape index (κ3) is 4.58. The number of ether oxygens (including phenoxy) is 3. The number of nitrogens with zero attached hydrogens (tertiary/aromatic N) is 2. The summed E-state index contributed by atoms with van der Waals surface area (Å²) in [6.45, 7) is 8.23. The monoisotopic (exact) mass is 447 g/mol. The highest BCUT2D eigenvalue weighted by Crippen LogP contribution is 2.35. The Morgan fingerprint density at radius 2 is 2.12 bits per heavy atom. The fourth-order valence-corrected chi connectivity index (χ4v) is 2.92. The number of guanidine groups is 1. The van der Waals surface area contributed by atoms with Crippen LogP contribution in [0.25, 0.3) is 0 Å². The number of benzene rings is 1. The first-order valence-electron chi connectivity index (χ1n) is 8.05. The van der Waals surface area contributed by atoms with Gasteiger partial charge in [-0.1, -0.05) is 13.8 Å². The van der Waals surface area contributed by atoms with E-state index in [4.69, 9.17) is 14.2 Å². The number of hydrogen-bond acceptors (Lipinski definition) is 4. The third-order valence-electron chi connectivity index (χ3n) is 4.19. The first kappa shape index (κ1) is 19.0. The Bertz CT molecular complexity index is 592. The van der Waals surface area contributed by atoms with Crippen LogP contribution in [0.15, 0.2) is 23.2 Å². The van der Waals surface area contributed by atoms with Gasteiger partial charge in [-0.05, 0) is 24.0 Å². The van der Waals surface area contributed by atoms with Gasteiger partial charge in [-0.3, -0.25) is 4.99 Å². The summed E-state index contributed by atoms with van der Waals surface area (Å²) in [6.07, 6.45) is 1.20. The van der Waals surface area contributed by atoms with Gasteiger partial charge in [0.2, 0.25) is 6.79 Å². The van der Waals surface area contributed by atoms with Gasteiger partial charge in [0.25, 0.3) is 0 Å². The highest BCUT2D eigenvalue weighted by molar-refractivity contribution is 14.0. The number of rotatable bonds is 4. The van der Waals surface area contributed by atoms with Crippen LogP contribution in [-0.4, -0.2) is 50.9 Å². The van der Waals surface area contributed by atoms with Crippen LogP contribution < -0.4 is 19.5 Å². The van der Waals surface area contributed by atoms with Crippen molar-refractivity contribution in [2.45, 2.75) is 20.3 Å². The summed E-state index contributed by atoms with van der Waals surface area (Å²) in [5.41, 5.74) is 0.362. The largest absolute Gasteiger partial charge is 0.492 e. The minimum atomic E-state index is 0. The SMILES string of the molecule is CN=C(NCCOc1ccc2c(c1)OCO2)N1CCC(C)(C)C1.I. The van der Waals surface area contributed by atoms with E-state index < -0.39 is 0 Å². The van der Waals surface area contributed by atoms with E-state index in [0.717, 1.165) is 36.3 Å². The summed E-state index contributed by atoms with van der Waals surface area (Å²) in [5, 5.41) is 3.37. The first-order chi connectivity index (χ1) is 11.1. The molecule has 0 spiro atoms. The van der Waals surface area contributed by atoms with Gasteiger partial charge < -0.3 is 24.4 Å². The Kier molecular flexibility index (Phi) is 6.42. The number of likely N-dealkylation sites (tertiary alicyclic amines) is 1. The number of nitrogens with one attached hydrogen (secondary N) is 1. The Labute approximate surface area is 160 Å². The maximum absolute atomic E-state index is 5.76. The summed E-state index contributed by atoms with van der Waals surface area (Å²) < 4.78 is 16.4. The predicted molar refractivity (Wildman–Crippen MR) is 105 cm³/mol. The molecule has 0 bridgehead atoms. The smallest absolute Gasteiger partial charge is 0.231 e. The van der Waals surface area contributed by atoms with E-state index in [-0.39, 0.29) is 30.8 Å². The highest BCUT2D eigenvalue weighted by Gasteiger charge is 2.30. The molecule has 0 saturated carbocycles. The lowest BCUT2D eigenvalue weighted by Gasteiger charge is -2.23. The van der Waals surface area contributed by atoms with Crippen LogP contribution in [0.4, 0.5) is 0 Å². The molecule has 1 fully saturated rings. The molecule has 0 radical (unpaired) electrons. The second-order valence-electron chi connectivity index (χ2n) is 6.67. The second kappa shape index (κ2) is 8.13. The molecule has 2 aliphatic rings. The van der Waals surface area contributed by atoms with Gasteiger partial charge in [0.05, 0.1) is 6.54 Å². The van der Waals surface area contributed by atoms with Crippen molar-refractivity contribution in [3.63, 3.8) is 0 Å². The zero-order valence-corrected chi connectivity index (χ0v) is 16.8. The standard InChI is InChI=1S/C17H25N3O3.HI/c1-17(2)6-8-20(11-17)16(18-3)19-7-9-21-13-4-5-14-15(10-13)23-12-22-14;/h4-5,10H,6-9,11-12H2,1-3H3,(H,18,19);1H. The van der Waals surface area contributed by atoms with E-state index in [1.54, 1.807) is 0 Å². The van der Waals surface area contributed by atoms with Gasteiger partial charge in [-0.25, -0.2) is 0 Å². The second-order valence-corrected chi connectivity index (χ2v) is 6.67. The zero-order valence-electron chi connectivity index (χ0n) is 14.5. The summed E-state index contributed by atoms with van der Waals surface area (Å²) in [6, 6.07) is 5.63. The Balaban J connectivity index is 0.00000208. The van der Waals surface area contributed by atoms with Gasteiger partial charge in [-0.15, -0.1) is 24.0 Å². The van der Waals surface area contributed by atoms with Crippen LogP contribution >= 0.6 is 24.0 Å². The molecule has 1 saturated heterocycles. The topological polar surface area (TPSA) is 55.3 Å². The molecule has 3 rings (SSSR count). The van der Waals surface area contributed by atoms with Crippen LogP contribution in [0.3, 0.4) is 0 Å². The summed E-state index contributed by atoms with van der Waals surface area (Å²) >= 11 is 0. The fourth-order valence-electron chi connectivity index (χ4n) is 2.92. The number of hydrogen-bond donors (Lipinski definition) is 1. The molecule has 2 heterocycles. The summed E-state index contributed by atoms with van der Waals surface area (Å²) in [4.78, 5) is 6.67. The van der Waals surface area contributed by atoms with Crippen LogP contribution in [0.2, 0.25) is 0 Å². The lowest BCUT2D eigenvalue weighted by Crippen LogP contribution is -2.42. The molecule has 1 aromatic rings. The fraction of sp³-hybridized carbons (Fsp3) is 0.588. The average molecular weight is 447 g/mol. The number of fused-ring (bicyclic) bond motifs is 1. The molecule has 6 nitrogen and oxygen atoms in total. The lowest BCUT2D eigenvalue weighted by molar-refractivity contribution is 0.173. The average Bonchev–Trinajstić information content (AvgIpc) is 3.13. The van der Waals surface area contributed by atoms with Crippen molar-refractivity contribution in [3.05, 3.63) is 18.2 Å². The van der Waals surface area contributed by atoms with Crippen LogP contribution in [0.5, 0.6) is 17.2 Å². The first-order valence-corrected chi connectivity index (χ1v) is 8.05. The van der Waals surface area contributed by atoms with Crippen LogP contribution in [0, 0.1) is 5.41 Å². The van der Waals surface area contributed by atoms with E-state index in [1.165, 1.54) is 6.42 Å². The summed E-state index contributed by atoms with van der Waals surface area (Å²) in [7, 11) is 1.83. The van der Waals surface area contributed by atoms with E-state index in [0.29, 0.717) is 18.6 Å². The highest BCUT2D eigenvalue weighted by atomic mass is 127. The van der Waals surface area contributed by atoms with E-state index in [2.05, 4.69) is 29.1 Å². The summed E-state index contributed by atoms with van der Waals surface area (Å²) in [5.74, 6) is 3.25. The van der Waals surface area contributed by atoms with Crippen molar-refractivity contribution in [2.75, 3.05) is 40.1 Å². The maximum atomic E-state index is 5.76. The van der Waals surface area contributed by atoms with Crippen molar-refractivity contribution in [3.8, 4) is 17.2 Å². The quantitative estimate of drug-likeness (QED) is 0.333. The normalized spacial score (nSPS) is 18.3. The molecule has 7 heteroatoms. The lowest BCUT2D eigenvalue weighted by atomic mass is 9.93. The Hall–Kier alpha value is -1.38. The minimum Gasteiger partial charge on any atom is -0.492 e. The van der Waals surface area contributed by atoms with Crippen molar-refractivity contribution in [1.82, 2.24) is 10.2 Å². The van der Waals surface area contributed by atoms with Gasteiger partial charge in [0.1, 0.15) is 12.4 Å². The van der Waals surface area contributed by atoms with Gasteiger partial charge >= 0.3 is 0 Å². The maximum Gasteiger partial charge on any atom is 0.231 e. The molecule has 134 valence electrons. The van der Waals surface area contributed by atoms with Gasteiger partial charge in [0.15, 0.2) is 17.5 Å². The molecule has 0 aromatic heterocycles. The van der Waals surface area contributed by atoms with Crippen LogP contribution in [-0.2, 0) is 0 Å². The molecule has 2 aliphatic heterocycles. The Morgan fingerprint density at radius 1 is 1.33 bits per heavy atom. The third-order valence-corrected chi connectivity index (χ3v) is 4.19. The molecule has 0 atom stereocenters. The van der Waals surface area contributed by atoms with Crippen molar-refractivity contribution >= 4 is 29.9 Å². The number of halogens is 1. The molecular formula is C17H26IN3O3. The molecule has 1 N–H and O–H groups in total. The van der Waals surface area contributed by atoms with Gasteiger partial charge in [0, 0.05) is 26.2 Å². The molecule has 0 aliphatic carbocycles.